The minimum absolute atomic E-state index is 0.00436. The van der Waals surface area contributed by atoms with E-state index < -0.39 is 6.29 Å². The Bertz CT molecular complexity index is 157. The first kappa shape index (κ1) is 12.6. The number of thioether (sulfide) groups is 1. The van der Waals surface area contributed by atoms with Gasteiger partial charge < -0.3 is 14.9 Å². The molecule has 0 spiro atoms. The fourth-order valence-electron chi connectivity index (χ4n) is 1.50. The van der Waals surface area contributed by atoms with E-state index >= 15 is 0 Å². The molecule has 0 saturated carbocycles. The fourth-order valence-corrected chi connectivity index (χ4v) is 3.15. The van der Waals surface area contributed by atoms with Crippen molar-refractivity contribution in [3.63, 3.8) is 0 Å². The van der Waals surface area contributed by atoms with E-state index in [0.29, 0.717) is 11.7 Å². The zero-order chi connectivity index (χ0) is 10.4. The summed E-state index contributed by atoms with van der Waals surface area (Å²) in [4.78, 5) is 0. The number of hydrogen-bond donors (Lipinski definition) is 3. The molecule has 14 heavy (non-hydrogen) atoms. The normalized spacial score (nSPS) is 33.2. The summed E-state index contributed by atoms with van der Waals surface area (Å²) in [6, 6.07) is 0. The largest absolute Gasteiger partial charge is 0.394 e. The standard InChI is InChI=1S/C9H18O3S2/c10-6-7-8(14-5-1-4-13)2-3-9(11)12-7/h7-11,13H,1-6H2. The molecule has 0 aromatic heterocycles. The second-order valence-electron chi connectivity index (χ2n) is 3.38. The Hall–Kier alpha value is 0.580. The predicted octanol–water partition coefficient (Wildman–Crippen LogP) is 0.898. The summed E-state index contributed by atoms with van der Waals surface area (Å²) in [5.41, 5.74) is 0. The Balaban J connectivity index is 2.27. The second-order valence-corrected chi connectivity index (χ2v) is 5.17. The average molecular weight is 238 g/mol. The molecule has 1 rings (SSSR count). The molecule has 3 atom stereocenters. The number of aliphatic hydroxyl groups excluding tert-OH is 2. The van der Waals surface area contributed by atoms with Gasteiger partial charge in [-0.3, -0.25) is 0 Å². The molecule has 1 saturated heterocycles. The number of hydrogen-bond acceptors (Lipinski definition) is 5. The van der Waals surface area contributed by atoms with E-state index in [1.54, 1.807) is 0 Å². The first-order chi connectivity index (χ1) is 6.77. The molecule has 1 fully saturated rings. The van der Waals surface area contributed by atoms with Crippen molar-refractivity contribution in [2.24, 2.45) is 0 Å². The molecule has 0 aromatic rings. The molecular weight excluding hydrogens is 220 g/mol. The van der Waals surface area contributed by atoms with Gasteiger partial charge in [-0.2, -0.15) is 24.4 Å². The van der Waals surface area contributed by atoms with Crippen LogP contribution in [-0.4, -0.2) is 46.0 Å². The van der Waals surface area contributed by atoms with Gasteiger partial charge in [0.25, 0.3) is 0 Å². The van der Waals surface area contributed by atoms with Crippen LogP contribution in [0.2, 0.25) is 0 Å². The Morgan fingerprint density at radius 2 is 2.21 bits per heavy atom. The van der Waals surface area contributed by atoms with Gasteiger partial charge in [-0.15, -0.1) is 0 Å². The van der Waals surface area contributed by atoms with Gasteiger partial charge in [0, 0.05) is 5.25 Å². The van der Waals surface area contributed by atoms with Crippen molar-refractivity contribution < 1.29 is 14.9 Å². The molecule has 3 nitrogen and oxygen atoms in total. The van der Waals surface area contributed by atoms with Crippen LogP contribution in [0, 0.1) is 0 Å². The summed E-state index contributed by atoms with van der Waals surface area (Å²) >= 11 is 5.96. The van der Waals surface area contributed by atoms with Crippen molar-refractivity contribution in [1.29, 1.82) is 0 Å². The summed E-state index contributed by atoms with van der Waals surface area (Å²) in [6.45, 7) is -0.00436. The predicted molar refractivity (Wildman–Crippen MR) is 61.9 cm³/mol. The smallest absolute Gasteiger partial charge is 0.155 e. The third kappa shape index (κ3) is 3.98. The van der Waals surface area contributed by atoms with Crippen LogP contribution in [0.1, 0.15) is 19.3 Å². The van der Waals surface area contributed by atoms with Gasteiger partial charge in [0.2, 0.25) is 0 Å². The zero-order valence-electron chi connectivity index (χ0n) is 8.13. The van der Waals surface area contributed by atoms with Crippen LogP contribution < -0.4 is 0 Å². The molecule has 5 heteroatoms. The van der Waals surface area contributed by atoms with Crippen LogP contribution in [0.5, 0.6) is 0 Å². The van der Waals surface area contributed by atoms with Crippen molar-refractivity contribution >= 4 is 24.4 Å². The summed E-state index contributed by atoms with van der Waals surface area (Å²) in [5.74, 6) is 1.94. The molecule has 0 aliphatic carbocycles. The second kappa shape index (κ2) is 6.95. The van der Waals surface area contributed by atoms with E-state index in [4.69, 9.17) is 9.84 Å². The SMILES string of the molecule is OCC1OC(O)CCC1SCCCS. The van der Waals surface area contributed by atoms with Gasteiger partial charge in [0.05, 0.1) is 12.7 Å². The average Bonchev–Trinajstić information content (AvgIpc) is 2.20. The Labute approximate surface area is 94.6 Å². The van der Waals surface area contributed by atoms with Crippen molar-refractivity contribution in [2.45, 2.75) is 36.9 Å². The van der Waals surface area contributed by atoms with Gasteiger partial charge in [-0.05, 0) is 30.8 Å². The first-order valence-electron chi connectivity index (χ1n) is 4.94. The van der Waals surface area contributed by atoms with E-state index in [2.05, 4.69) is 12.6 Å². The minimum Gasteiger partial charge on any atom is -0.394 e. The van der Waals surface area contributed by atoms with Crippen LogP contribution in [-0.2, 0) is 4.74 Å². The van der Waals surface area contributed by atoms with E-state index in [-0.39, 0.29) is 12.7 Å². The number of aliphatic hydroxyl groups is 2. The van der Waals surface area contributed by atoms with Crippen LogP contribution >= 0.6 is 24.4 Å². The third-order valence-corrected chi connectivity index (χ3v) is 4.07. The summed E-state index contributed by atoms with van der Waals surface area (Å²) in [6.07, 6.45) is 1.78. The van der Waals surface area contributed by atoms with Gasteiger partial charge in [-0.1, -0.05) is 0 Å². The highest BCUT2D eigenvalue weighted by Crippen LogP contribution is 2.28. The van der Waals surface area contributed by atoms with Crippen LogP contribution in [0.4, 0.5) is 0 Å². The highest BCUT2D eigenvalue weighted by molar-refractivity contribution is 8.00. The van der Waals surface area contributed by atoms with Crippen LogP contribution in [0.3, 0.4) is 0 Å². The number of thiol groups is 1. The Morgan fingerprint density at radius 3 is 2.86 bits per heavy atom. The van der Waals surface area contributed by atoms with Crippen molar-refractivity contribution in [3.8, 4) is 0 Å². The quantitative estimate of drug-likeness (QED) is 0.492. The maximum atomic E-state index is 9.25. The lowest BCUT2D eigenvalue weighted by atomic mass is 10.1. The van der Waals surface area contributed by atoms with Crippen molar-refractivity contribution in [1.82, 2.24) is 0 Å². The van der Waals surface area contributed by atoms with Gasteiger partial charge >= 0.3 is 0 Å². The van der Waals surface area contributed by atoms with E-state index in [0.717, 1.165) is 24.3 Å². The van der Waals surface area contributed by atoms with Gasteiger partial charge in [0.15, 0.2) is 6.29 Å². The third-order valence-electron chi connectivity index (χ3n) is 2.26. The molecule has 0 aromatic carbocycles. The molecule has 0 radical (unpaired) electrons. The lowest BCUT2D eigenvalue weighted by Gasteiger charge is -2.32. The molecule has 0 bridgehead atoms. The maximum Gasteiger partial charge on any atom is 0.155 e. The Morgan fingerprint density at radius 1 is 1.43 bits per heavy atom. The zero-order valence-corrected chi connectivity index (χ0v) is 9.84. The van der Waals surface area contributed by atoms with Crippen molar-refractivity contribution in [3.05, 3.63) is 0 Å². The lowest BCUT2D eigenvalue weighted by molar-refractivity contribution is -0.169. The van der Waals surface area contributed by atoms with Crippen LogP contribution in [0.15, 0.2) is 0 Å². The Kier molecular flexibility index (Phi) is 6.28. The highest BCUT2D eigenvalue weighted by atomic mass is 32.2. The summed E-state index contributed by atoms with van der Waals surface area (Å²) in [7, 11) is 0. The van der Waals surface area contributed by atoms with E-state index in [1.807, 2.05) is 11.8 Å². The molecule has 2 N–H and O–H groups in total. The van der Waals surface area contributed by atoms with E-state index in [1.165, 1.54) is 0 Å². The molecule has 1 heterocycles. The number of rotatable bonds is 5. The topological polar surface area (TPSA) is 49.7 Å². The molecule has 3 unspecified atom stereocenters. The minimum atomic E-state index is -0.686. The molecule has 84 valence electrons. The van der Waals surface area contributed by atoms with E-state index in [9.17, 15) is 5.11 Å². The van der Waals surface area contributed by atoms with Gasteiger partial charge in [0.1, 0.15) is 0 Å². The lowest BCUT2D eigenvalue weighted by Crippen LogP contribution is -2.39. The van der Waals surface area contributed by atoms with Crippen molar-refractivity contribution in [2.75, 3.05) is 18.1 Å². The van der Waals surface area contributed by atoms with Crippen LogP contribution in [0.25, 0.3) is 0 Å². The molecular formula is C9H18O3S2. The molecule has 0 amide bonds. The molecule has 1 aliphatic heterocycles. The maximum absolute atomic E-state index is 9.25. The fraction of sp³-hybridized carbons (Fsp3) is 1.00. The number of ether oxygens (including phenoxy) is 1. The summed E-state index contributed by atoms with van der Waals surface area (Å²) < 4.78 is 5.24. The first-order valence-corrected chi connectivity index (χ1v) is 6.63. The highest BCUT2D eigenvalue weighted by Gasteiger charge is 2.29. The van der Waals surface area contributed by atoms with Gasteiger partial charge in [-0.25, -0.2) is 0 Å². The molecule has 1 aliphatic rings. The summed E-state index contributed by atoms with van der Waals surface area (Å²) in [5, 5.41) is 18.6. The monoisotopic (exact) mass is 238 g/mol.